The van der Waals surface area contributed by atoms with E-state index in [0.29, 0.717) is 38.9 Å². The number of carbonyl (C=O) groups is 6. The van der Waals surface area contributed by atoms with Gasteiger partial charge in [-0.05, 0) is 91.2 Å². The van der Waals surface area contributed by atoms with Crippen molar-refractivity contribution in [1.82, 2.24) is 16.0 Å². The van der Waals surface area contributed by atoms with Crippen LogP contribution in [-0.4, -0.2) is 161 Å². The number of aliphatic hydroxyl groups is 2. The van der Waals surface area contributed by atoms with E-state index in [1.165, 1.54) is 38.2 Å². The highest BCUT2D eigenvalue weighted by Crippen LogP contribution is 2.45. The molecule has 78 heavy (non-hydrogen) atoms. The molecular weight excluding hydrogens is 1010 g/mol. The maximum atomic E-state index is 13.2. The summed E-state index contributed by atoms with van der Waals surface area (Å²) in [6, 6.07) is -0.381. The van der Waals surface area contributed by atoms with E-state index in [2.05, 4.69) is 34.8 Å². The molecule has 6 aliphatic heterocycles. The van der Waals surface area contributed by atoms with Gasteiger partial charge in [-0.3, -0.25) is 34.1 Å². The van der Waals surface area contributed by atoms with Crippen LogP contribution in [0.25, 0.3) is 0 Å². The van der Waals surface area contributed by atoms with E-state index in [9.17, 15) is 39.0 Å². The molecule has 1 unspecified atom stereocenters. The Kier molecular flexibility index (Phi) is 21.9. The maximum Gasteiger partial charge on any atom is 0.303 e. The van der Waals surface area contributed by atoms with Crippen molar-refractivity contribution in [3.8, 4) is 0 Å². The van der Waals surface area contributed by atoms with Crippen molar-refractivity contribution in [2.45, 2.75) is 217 Å². The molecule has 6 aliphatic rings. The molecule has 21 nitrogen and oxygen atoms in total. The summed E-state index contributed by atoms with van der Waals surface area (Å²) in [5, 5.41) is 30.9. The summed E-state index contributed by atoms with van der Waals surface area (Å²) in [7, 11) is 0. The number of esters is 2. The highest BCUT2D eigenvalue weighted by molar-refractivity contribution is 6.01. The minimum absolute atomic E-state index is 0.0892. The average Bonchev–Trinajstić information content (AvgIpc) is 4.40. The van der Waals surface area contributed by atoms with Crippen molar-refractivity contribution in [3.63, 3.8) is 0 Å². The zero-order valence-electron chi connectivity index (χ0n) is 46.7. The topological polar surface area (TPSA) is 298 Å². The Bertz CT molecular complexity index is 2370. The highest BCUT2D eigenvalue weighted by Gasteiger charge is 2.59. The predicted octanol–water partition coefficient (Wildman–Crippen LogP) is 3.70. The van der Waals surface area contributed by atoms with E-state index in [-0.39, 0.29) is 85.8 Å². The number of allylic oxidation sites excluding steroid dienone is 4. The second-order valence-electron chi connectivity index (χ2n) is 22.1. The van der Waals surface area contributed by atoms with Crippen LogP contribution in [0.1, 0.15) is 121 Å². The van der Waals surface area contributed by atoms with Crippen LogP contribution in [0.2, 0.25) is 0 Å². The number of aliphatic imine (C=N–C) groups is 1. The van der Waals surface area contributed by atoms with Gasteiger partial charge < -0.3 is 64.5 Å². The molecule has 2 spiro atoms. The largest absolute Gasteiger partial charge is 0.459 e. The Morgan fingerprint density at radius 2 is 1.06 bits per heavy atom. The molecule has 0 aromatic rings. The molecular formula is C57H83N5O16. The van der Waals surface area contributed by atoms with Crippen LogP contribution in [0.5, 0.6) is 0 Å². The summed E-state index contributed by atoms with van der Waals surface area (Å²) in [4.78, 5) is 77.8. The fraction of sp³-hybridized carbons (Fsp3) is 0.667. The lowest BCUT2D eigenvalue weighted by Gasteiger charge is -2.39. The summed E-state index contributed by atoms with van der Waals surface area (Å²) in [5.74, 6) is -2.71. The summed E-state index contributed by atoms with van der Waals surface area (Å²) in [6.45, 7) is 18.5. The van der Waals surface area contributed by atoms with Crippen LogP contribution >= 0.6 is 0 Å². The van der Waals surface area contributed by atoms with Crippen molar-refractivity contribution >= 4 is 41.5 Å². The van der Waals surface area contributed by atoms with E-state index in [1.54, 1.807) is 26.0 Å². The van der Waals surface area contributed by atoms with Crippen LogP contribution in [0.15, 0.2) is 76.9 Å². The Labute approximate surface area is 457 Å². The molecule has 7 N–H and O–H groups in total. The third-order valence-corrected chi connectivity index (χ3v) is 15.2. The molecule has 0 bridgehead atoms. The van der Waals surface area contributed by atoms with Crippen molar-refractivity contribution in [1.29, 1.82) is 0 Å². The van der Waals surface area contributed by atoms with Gasteiger partial charge in [0.25, 0.3) is 5.91 Å². The van der Waals surface area contributed by atoms with Gasteiger partial charge in [0.15, 0.2) is 0 Å². The summed E-state index contributed by atoms with van der Waals surface area (Å²) >= 11 is 0. The van der Waals surface area contributed by atoms with Crippen molar-refractivity contribution in [2.24, 2.45) is 22.6 Å². The van der Waals surface area contributed by atoms with Crippen LogP contribution in [-0.2, 0) is 66.7 Å². The molecule has 21 heteroatoms. The minimum atomic E-state index is -0.969. The van der Waals surface area contributed by atoms with E-state index >= 15 is 0 Å². The molecule has 4 amide bonds. The number of hydrogen-bond acceptors (Lipinski definition) is 16. The molecule has 6 heterocycles. The second kappa shape index (κ2) is 27.7. The minimum Gasteiger partial charge on any atom is -0.459 e. The number of guanidine groups is 1. The van der Waals surface area contributed by atoms with Gasteiger partial charge in [0, 0.05) is 38.8 Å². The first-order valence-electron chi connectivity index (χ1n) is 27.3. The number of carbonyl (C=O) groups excluding carboxylic acids is 6. The Morgan fingerprint density at radius 3 is 1.46 bits per heavy atom. The smallest absolute Gasteiger partial charge is 0.303 e. The summed E-state index contributed by atoms with van der Waals surface area (Å²) in [6.07, 6.45) is 13.5. The number of nitrogens with two attached hydrogens (primary N) is 1. The lowest BCUT2D eigenvalue weighted by molar-refractivity contribution is -0.145. The zero-order valence-corrected chi connectivity index (χ0v) is 46.7. The summed E-state index contributed by atoms with van der Waals surface area (Å²) < 4.78 is 46.6. The van der Waals surface area contributed by atoms with E-state index in [1.807, 2.05) is 52.0 Å². The monoisotopic (exact) mass is 1090 g/mol. The number of amides is 4. The molecule has 6 fully saturated rings. The van der Waals surface area contributed by atoms with Gasteiger partial charge in [-0.1, -0.05) is 61.4 Å². The lowest BCUT2D eigenvalue weighted by atomic mass is 9.87. The third kappa shape index (κ3) is 18.3. The van der Waals surface area contributed by atoms with Crippen LogP contribution in [0.3, 0.4) is 0 Å². The van der Waals surface area contributed by atoms with Crippen molar-refractivity contribution in [3.05, 3.63) is 71.9 Å². The molecule has 432 valence electrons. The Morgan fingerprint density at radius 1 is 0.654 bits per heavy atom. The third-order valence-electron chi connectivity index (χ3n) is 15.2. The molecule has 18 atom stereocenters. The fourth-order valence-corrected chi connectivity index (χ4v) is 10.6. The Hall–Kier alpha value is -5.39. The van der Waals surface area contributed by atoms with Crippen LogP contribution < -0.4 is 21.7 Å². The first-order chi connectivity index (χ1) is 36.8. The van der Waals surface area contributed by atoms with E-state index in [4.69, 9.17) is 43.6 Å². The molecule has 6 saturated heterocycles. The van der Waals surface area contributed by atoms with Gasteiger partial charge in [0.05, 0.1) is 74.8 Å². The molecule has 0 aliphatic carbocycles. The standard InChI is InChI=1S/C57H83N5O16/c1-31(11-17-45-33(3)23-43(37(7)75-45)59-49(65)21-15-35(5)73-39(9)63)13-19-47-53(69)56(29-71-56)27-41(77-47)25-51(67)61-55(58)62-52(68)26-42-28-57(30-72-57)54(70)48(78-42)20-14-32(2)12-18-46-34(4)24-44(38(8)76-46)60-50(66)22-16-36(6)74-40(10)64/h11-16,19-22,33-38,41-48,53-54,69-70H,17-18,23-30H2,1-10H3,(H,59,65)(H,60,66)(H3,58,61,62,67,68)/t33-,34-,35-,36?,37+,38+,41+,42+,43+,44+,45-,46-,47+,48+,53+,54+,56+,57+/m0/s1. The van der Waals surface area contributed by atoms with Gasteiger partial charge in [0.2, 0.25) is 23.7 Å². The van der Waals surface area contributed by atoms with Crippen LogP contribution in [0, 0.1) is 11.8 Å². The fourth-order valence-electron chi connectivity index (χ4n) is 10.6. The van der Waals surface area contributed by atoms with Crippen molar-refractivity contribution < 1.29 is 76.9 Å². The van der Waals surface area contributed by atoms with Gasteiger partial charge in [-0.2, -0.15) is 4.99 Å². The molecule has 0 radical (unpaired) electrons. The number of hydrogen-bond donors (Lipinski definition) is 6. The van der Waals surface area contributed by atoms with Crippen LogP contribution in [0.4, 0.5) is 0 Å². The SMILES string of the molecule is CC(=O)OC(C)C=CC(=O)N[C@@H]1C[C@H](C)[C@H](CC=C(C)C=C[C@H]2O[C@H](CC(=O)NC(N)=NC(=O)C[C@@H]3C[C@@]4(CO4)[C@H](O)[C@@H](C=CC(C)=CC[C@@H]4O[C@H](C)[C@H](NC(=O)C=C[C@H](C)OC(C)=O)C[C@@H]4C)O3)C[C@@]3(CO3)[C@@H]2O)O[C@@H]1C. The quantitative estimate of drug-likeness (QED) is 0.0253. The van der Waals surface area contributed by atoms with Gasteiger partial charge in [-0.25, -0.2) is 0 Å². The first kappa shape index (κ1) is 61.8. The molecule has 6 rings (SSSR count). The maximum absolute atomic E-state index is 13.2. The van der Waals surface area contributed by atoms with Gasteiger partial charge in [-0.15, -0.1) is 0 Å². The number of aliphatic hydroxyl groups excluding tert-OH is 2. The van der Waals surface area contributed by atoms with Crippen molar-refractivity contribution in [2.75, 3.05) is 13.2 Å². The van der Waals surface area contributed by atoms with E-state index < -0.39 is 89.7 Å². The number of rotatable bonds is 20. The zero-order chi connectivity index (χ0) is 57.1. The number of ether oxygens (including phenoxy) is 8. The highest BCUT2D eigenvalue weighted by atomic mass is 16.6. The first-order valence-corrected chi connectivity index (χ1v) is 27.3. The van der Waals surface area contributed by atoms with Gasteiger partial charge in [0.1, 0.15) is 47.8 Å². The number of epoxide rings is 2. The van der Waals surface area contributed by atoms with Gasteiger partial charge >= 0.3 is 11.9 Å². The molecule has 0 aromatic carbocycles. The normalized spacial score (nSPS) is 36.2. The Balaban J connectivity index is 0.936. The predicted molar refractivity (Wildman–Crippen MR) is 286 cm³/mol. The van der Waals surface area contributed by atoms with E-state index in [0.717, 1.165) is 11.1 Å². The lowest BCUT2D eigenvalue weighted by Crippen LogP contribution is -2.51. The molecule has 0 saturated carbocycles. The summed E-state index contributed by atoms with van der Waals surface area (Å²) in [5.41, 5.74) is 6.17. The second-order valence-corrected chi connectivity index (χ2v) is 22.1. The average molecular weight is 1090 g/mol. The number of nitrogens with one attached hydrogen (secondary N) is 3. The number of nitrogens with zero attached hydrogens (tertiary/aromatic N) is 1. The molecule has 0 aromatic heterocycles.